The molecule has 5 heteroatoms. The Bertz CT molecular complexity index is 656. The molecular formula is C18H21FN2O2. The molecule has 1 atom stereocenters. The lowest BCUT2D eigenvalue weighted by Gasteiger charge is -2.17. The number of hydrogen-bond acceptors (Lipinski definition) is 3. The highest BCUT2D eigenvalue weighted by atomic mass is 19.1. The van der Waals surface area contributed by atoms with Crippen molar-refractivity contribution >= 4 is 5.91 Å². The number of amides is 1. The number of halogens is 1. The topological polar surface area (TPSA) is 51.2 Å². The third-order valence-corrected chi connectivity index (χ3v) is 3.63. The third-order valence-electron chi connectivity index (χ3n) is 3.63. The average Bonchev–Trinajstić information content (AvgIpc) is 2.53. The molecule has 0 saturated heterocycles. The molecule has 0 aliphatic heterocycles. The molecule has 1 N–H and O–H groups in total. The molecule has 2 rings (SSSR count). The Kier molecular flexibility index (Phi) is 5.68. The molecule has 0 unspecified atom stereocenters. The van der Waals surface area contributed by atoms with Gasteiger partial charge in [-0.15, -0.1) is 0 Å². The summed E-state index contributed by atoms with van der Waals surface area (Å²) >= 11 is 0. The van der Waals surface area contributed by atoms with Crippen molar-refractivity contribution in [2.75, 3.05) is 0 Å². The maximum absolute atomic E-state index is 13.1. The SMILES string of the molecule is CC(C)[C@@H](C)NC(=O)c1ccc(COc2cccc(F)c2)nc1. The summed E-state index contributed by atoms with van der Waals surface area (Å²) in [6, 6.07) is 9.47. The summed E-state index contributed by atoms with van der Waals surface area (Å²) in [4.78, 5) is 16.3. The van der Waals surface area contributed by atoms with Gasteiger partial charge in [-0.1, -0.05) is 19.9 Å². The molecule has 0 spiro atoms. The number of carbonyl (C=O) groups is 1. The highest BCUT2D eigenvalue weighted by Crippen LogP contribution is 2.13. The summed E-state index contributed by atoms with van der Waals surface area (Å²) in [5.74, 6) is 0.322. The highest BCUT2D eigenvalue weighted by Gasteiger charge is 2.12. The molecule has 0 aliphatic carbocycles. The molecule has 1 heterocycles. The molecular weight excluding hydrogens is 295 g/mol. The number of carbonyl (C=O) groups excluding carboxylic acids is 1. The zero-order valence-corrected chi connectivity index (χ0v) is 13.5. The van der Waals surface area contributed by atoms with Crippen LogP contribution in [0.25, 0.3) is 0 Å². The second-order valence-electron chi connectivity index (χ2n) is 5.79. The largest absolute Gasteiger partial charge is 0.487 e. The molecule has 23 heavy (non-hydrogen) atoms. The molecule has 1 aromatic carbocycles. The highest BCUT2D eigenvalue weighted by molar-refractivity contribution is 5.94. The van der Waals surface area contributed by atoms with Gasteiger partial charge >= 0.3 is 0 Å². The first kappa shape index (κ1) is 16.9. The van der Waals surface area contributed by atoms with Gasteiger partial charge < -0.3 is 10.1 Å². The monoisotopic (exact) mass is 316 g/mol. The second kappa shape index (κ2) is 7.72. The average molecular weight is 316 g/mol. The quantitative estimate of drug-likeness (QED) is 0.886. The minimum atomic E-state index is -0.346. The molecule has 0 fully saturated rings. The van der Waals surface area contributed by atoms with Crippen LogP contribution in [0.5, 0.6) is 5.75 Å². The second-order valence-corrected chi connectivity index (χ2v) is 5.79. The van der Waals surface area contributed by atoms with Crippen LogP contribution >= 0.6 is 0 Å². The minimum absolute atomic E-state index is 0.0958. The van der Waals surface area contributed by atoms with E-state index in [0.29, 0.717) is 22.9 Å². The van der Waals surface area contributed by atoms with Gasteiger partial charge in [-0.2, -0.15) is 0 Å². The Morgan fingerprint density at radius 2 is 2.04 bits per heavy atom. The molecule has 122 valence electrons. The van der Waals surface area contributed by atoms with Crippen molar-refractivity contribution in [1.82, 2.24) is 10.3 Å². The van der Waals surface area contributed by atoms with E-state index in [1.807, 2.05) is 6.92 Å². The van der Waals surface area contributed by atoms with Crippen LogP contribution in [-0.4, -0.2) is 16.9 Å². The molecule has 0 radical (unpaired) electrons. The molecule has 0 saturated carbocycles. The Morgan fingerprint density at radius 1 is 1.26 bits per heavy atom. The summed E-state index contributed by atoms with van der Waals surface area (Å²) in [6.07, 6.45) is 1.52. The van der Waals surface area contributed by atoms with Gasteiger partial charge in [0.05, 0.1) is 11.3 Å². The van der Waals surface area contributed by atoms with E-state index in [1.165, 1.54) is 18.3 Å². The summed E-state index contributed by atoms with van der Waals surface area (Å²) < 4.78 is 18.5. The lowest BCUT2D eigenvalue weighted by Crippen LogP contribution is -2.36. The number of hydrogen-bond donors (Lipinski definition) is 1. The Labute approximate surface area is 135 Å². The molecule has 1 aromatic heterocycles. The lowest BCUT2D eigenvalue weighted by molar-refractivity contribution is 0.0930. The molecule has 4 nitrogen and oxygen atoms in total. The Hall–Kier alpha value is -2.43. The van der Waals surface area contributed by atoms with Gasteiger partial charge in [-0.3, -0.25) is 9.78 Å². The summed E-state index contributed by atoms with van der Waals surface area (Å²) in [7, 11) is 0. The van der Waals surface area contributed by atoms with Crippen LogP contribution in [0.1, 0.15) is 36.8 Å². The van der Waals surface area contributed by atoms with Crippen molar-refractivity contribution in [3.05, 3.63) is 59.7 Å². The van der Waals surface area contributed by atoms with Crippen LogP contribution in [-0.2, 0) is 6.61 Å². The summed E-state index contributed by atoms with van der Waals surface area (Å²) in [5.41, 5.74) is 1.18. The Balaban J connectivity index is 1.93. The van der Waals surface area contributed by atoms with E-state index in [-0.39, 0.29) is 24.4 Å². The lowest BCUT2D eigenvalue weighted by atomic mass is 10.1. The predicted molar refractivity (Wildman–Crippen MR) is 86.7 cm³/mol. The first-order valence-corrected chi connectivity index (χ1v) is 7.60. The van der Waals surface area contributed by atoms with Crippen LogP contribution in [0.2, 0.25) is 0 Å². The van der Waals surface area contributed by atoms with E-state index in [2.05, 4.69) is 24.1 Å². The predicted octanol–water partition coefficient (Wildman–Crippen LogP) is 3.57. The van der Waals surface area contributed by atoms with E-state index in [1.54, 1.807) is 24.3 Å². The number of aromatic nitrogens is 1. The van der Waals surface area contributed by atoms with Crippen LogP contribution < -0.4 is 10.1 Å². The Morgan fingerprint density at radius 3 is 2.65 bits per heavy atom. The minimum Gasteiger partial charge on any atom is -0.487 e. The van der Waals surface area contributed by atoms with E-state index in [0.717, 1.165) is 0 Å². The van der Waals surface area contributed by atoms with Gasteiger partial charge in [-0.05, 0) is 37.1 Å². The van der Waals surface area contributed by atoms with Crippen molar-refractivity contribution in [1.29, 1.82) is 0 Å². The van der Waals surface area contributed by atoms with Gasteiger partial charge in [0.1, 0.15) is 18.2 Å². The smallest absolute Gasteiger partial charge is 0.253 e. The van der Waals surface area contributed by atoms with Gasteiger partial charge in [0.25, 0.3) is 5.91 Å². The fourth-order valence-electron chi connectivity index (χ4n) is 1.82. The molecule has 0 aliphatic rings. The maximum Gasteiger partial charge on any atom is 0.253 e. The van der Waals surface area contributed by atoms with Crippen molar-refractivity contribution in [2.24, 2.45) is 5.92 Å². The van der Waals surface area contributed by atoms with Gasteiger partial charge in [0.2, 0.25) is 0 Å². The van der Waals surface area contributed by atoms with Crippen LogP contribution in [0.3, 0.4) is 0 Å². The summed E-state index contributed by atoms with van der Waals surface area (Å²) in [5, 5.41) is 2.93. The van der Waals surface area contributed by atoms with Crippen LogP contribution in [0.4, 0.5) is 4.39 Å². The molecule has 1 amide bonds. The van der Waals surface area contributed by atoms with Crippen molar-refractivity contribution in [3.63, 3.8) is 0 Å². The number of rotatable bonds is 6. The normalized spacial score (nSPS) is 12.0. The number of nitrogens with one attached hydrogen (secondary N) is 1. The number of nitrogens with zero attached hydrogens (tertiary/aromatic N) is 1. The molecule has 2 aromatic rings. The number of pyridine rings is 1. The van der Waals surface area contributed by atoms with Gasteiger partial charge in [-0.25, -0.2) is 4.39 Å². The van der Waals surface area contributed by atoms with Crippen molar-refractivity contribution in [2.45, 2.75) is 33.4 Å². The first-order chi connectivity index (χ1) is 11.0. The van der Waals surface area contributed by atoms with Crippen molar-refractivity contribution < 1.29 is 13.9 Å². The van der Waals surface area contributed by atoms with E-state index in [9.17, 15) is 9.18 Å². The van der Waals surface area contributed by atoms with Gasteiger partial charge in [0.15, 0.2) is 0 Å². The van der Waals surface area contributed by atoms with Crippen LogP contribution in [0.15, 0.2) is 42.6 Å². The fraction of sp³-hybridized carbons (Fsp3) is 0.333. The van der Waals surface area contributed by atoms with Gasteiger partial charge in [0, 0.05) is 18.3 Å². The first-order valence-electron chi connectivity index (χ1n) is 7.60. The van der Waals surface area contributed by atoms with Crippen molar-refractivity contribution in [3.8, 4) is 5.75 Å². The zero-order chi connectivity index (χ0) is 16.8. The number of ether oxygens (including phenoxy) is 1. The van der Waals surface area contributed by atoms with E-state index < -0.39 is 0 Å². The van der Waals surface area contributed by atoms with Crippen LogP contribution in [0, 0.1) is 11.7 Å². The third kappa shape index (κ3) is 5.06. The van der Waals surface area contributed by atoms with E-state index >= 15 is 0 Å². The fourth-order valence-corrected chi connectivity index (χ4v) is 1.82. The summed E-state index contributed by atoms with van der Waals surface area (Å²) in [6.45, 7) is 6.29. The maximum atomic E-state index is 13.1. The molecule has 0 bridgehead atoms. The number of benzene rings is 1. The zero-order valence-electron chi connectivity index (χ0n) is 13.5. The standard InChI is InChI=1S/C18H21FN2O2/c1-12(2)13(3)21-18(22)14-7-8-16(20-10-14)11-23-17-6-4-5-15(19)9-17/h4-10,12-13H,11H2,1-3H3,(H,21,22)/t13-/m1/s1. The van der Waals surface area contributed by atoms with E-state index in [4.69, 9.17) is 4.74 Å².